The molecule has 0 aliphatic carbocycles. The molecule has 120 valence electrons. The topological polar surface area (TPSA) is 76.3 Å². The molecule has 1 N–H and O–H groups in total. The first-order chi connectivity index (χ1) is 10.9. The highest BCUT2D eigenvalue weighted by atomic mass is 19.4. The zero-order valence-corrected chi connectivity index (χ0v) is 11.6. The molecule has 0 aromatic carbocycles. The van der Waals surface area contributed by atoms with Crippen LogP contribution in [0.15, 0.2) is 52.8 Å². The molecule has 0 aliphatic rings. The third-order valence-electron chi connectivity index (χ3n) is 2.71. The second-order valence-electron chi connectivity index (χ2n) is 4.46. The number of hydrogen-bond acceptors (Lipinski definition) is 4. The van der Waals surface area contributed by atoms with Crippen molar-refractivity contribution >= 4 is 12.1 Å². The van der Waals surface area contributed by atoms with Crippen molar-refractivity contribution in [3.05, 3.63) is 64.3 Å². The second-order valence-corrected chi connectivity index (χ2v) is 4.46. The van der Waals surface area contributed by atoms with Crippen LogP contribution in [-0.4, -0.2) is 21.7 Å². The summed E-state index contributed by atoms with van der Waals surface area (Å²) in [6.07, 6.45) is 0.389. The second kappa shape index (κ2) is 6.86. The number of rotatable bonds is 4. The molecule has 2 aromatic heterocycles. The van der Waals surface area contributed by atoms with Gasteiger partial charge in [0.05, 0.1) is 11.8 Å². The molecule has 0 saturated carbocycles. The van der Waals surface area contributed by atoms with E-state index in [9.17, 15) is 22.8 Å². The maximum Gasteiger partial charge on any atom is 0.417 e. The van der Waals surface area contributed by atoms with Crippen molar-refractivity contribution < 1.29 is 18.0 Å². The molecule has 2 heterocycles. The number of alkyl halides is 3. The summed E-state index contributed by atoms with van der Waals surface area (Å²) in [5.41, 5.74) is 1.03. The van der Waals surface area contributed by atoms with Gasteiger partial charge in [0.2, 0.25) is 0 Å². The quantitative estimate of drug-likeness (QED) is 0.682. The monoisotopic (exact) mass is 324 g/mol. The molecule has 2 aromatic rings. The van der Waals surface area contributed by atoms with Crippen LogP contribution in [0, 0.1) is 0 Å². The summed E-state index contributed by atoms with van der Waals surface area (Å²) in [5, 5.41) is 3.64. The molecule has 23 heavy (non-hydrogen) atoms. The number of carbonyl (C=O) groups excluding carboxylic acids is 1. The molecule has 0 bridgehead atoms. The number of pyridine rings is 2. The number of amides is 1. The molecule has 0 unspecified atom stereocenters. The Kier molecular flexibility index (Phi) is 4.89. The fourth-order valence-electron chi connectivity index (χ4n) is 1.64. The molecule has 0 aliphatic heterocycles. The van der Waals surface area contributed by atoms with Crippen molar-refractivity contribution in [1.29, 1.82) is 0 Å². The Bertz CT molecular complexity index is 770. The van der Waals surface area contributed by atoms with E-state index in [1.54, 1.807) is 18.3 Å². The molecule has 0 spiro atoms. The molecule has 0 radical (unpaired) electrons. The Labute approximate surface area is 128 Å². The van der Waals surface area contributed by atoms with E-state index in [4.69, 9.17) is 0 Å². The maximum absolute atomic E-state index is 12.6. The van der Waals surface area contributed by atoms with Crippen LogP contribution >= 0.6 is 0 Å². The number of halogens is 3. The Balaban J connectivity index is 2.03. The summed E-state index contributed by atoms with van der Waals surface area (Å²) in [6.45, 7) is -0.576. The summed E-state index contributed by atoms with van der Waals surface area (Å²) >= 11 is 0. The number of hydrazone groups is 1. The van der Waals surface area contributed by atoms with Gasteiger partial charge in [0.1, 0.15) is 6.54 Å². The molecule has 1 amide bonds. The highest BCUT2D eigenvalue weighted by Crippen LogP contribution is 2.27. The Morgan fingerprint density at radius 2 is 2.13 bits per heavy atom. The lowest BCUT2D eigenvalue weighted by Crippen LogP contribution is -2.30. The van der Waals surface area contributed by atoms with E-state index in [1.807, 2.05) is 0 Å². The van der Waals surface area contributed by atoms with Gasteiger partial charge in [-0.3, -0.25) is 14.6 Å². The molecule has 0 fully saturated rings. The first-order valence-electron chi connectivity index (χ1n) is 6.36. The van der Waals surface area contributed by atoms with E-state index < -0.39 is 29.8 Å². The molecular weight excluding hydrogens is 313 g/mol. The van der Waals surface area contributed by atoms with Gasteiger partial charge in [0.25, 0.3) is 11.5 Å². The van der Waals surface area contributed by atoms with Crippen molar-refractivity contribution in [2.75, 3.05) is 0 Å². The Hall–Kier alpha value is -2.97. The number of nitrogens with zero attached hydrogens (tertiary/aromatic N) is 3. The van der Waals surface area contributed by atoms with Gasteiger partial charge >= 0.3 is 6.18 Å². The average molecular weight is 324 g/mol. The lowest BCUT2D eigenvalue weighted by atomic mass is 10.3. The molecule has 2 rings (SSSR count). The van der Waals surface area contributed by atoms with Gasteiger partial charge in [-0.2, -0.15) is 18.3 Å². The van der Waals surface area contributed by atoms with Gasteiger partial charge in [0, 0.05) is 30.2 Å². The van der Waals surface area contributed by atoms with Crippen LogP contribution < -0.4 is 11.0 Å². The van der Waals surface area contributed by atoms with Crippen molar-refractivity contribution in [3.63, 3.8) is 0 Å². The first kappa shape index (κ1) is 16.4. The summed E-state index contributed by atoms with van der Waals surface area (Å²) in [4.78, 5) is 27.0. The number of aromatic nitrogens is 2. The SMILES string of the molecule is O=C(Cn1cc(C(F)(F)F)ccc1=O)N/N=C\c1cccnc1. The number of nitrogens with one attached hydrogen (secondary N) is 1. The van der Waals surface area contributed by atoms with Gasteiger partial charge in [-0.05, 0) is 12.1 Å². The first-order valence-corrected chi connectivity index (χ1v) is 6.36. The van der Waals surface area contributed by atoms with Crippen molar-refractivity contribution in [1.82, 2.24) is 15.0 Å². The van der Waals surface area contributed by atoms with Crippen LogP contribution in [-0.2, 0) is 17.5 Å². The maximum atomic E-state index is 12.6. The molecule has 0 atom stereocenters. The zero-order chi connectivity index (χ0) is 16.9. The predicted octanol–water partition coefficient (Wildman–Crippen LogP) is 1.41. The smallest absolute Gasteiger partial charge is 0.305 e. The van der Waals surface area contributed by atoms with Crippen LogP contribution in [0.3, 0.4) is 0 Å². The normalized spacial score (nSPS) is 11.6. The standard InChI is InChI=1S/C14H11F3N4O2/c15-14(16,17)11-3-4-13(23)21(8-11)9-12(22)20-19-7-10-2-1-5-18-6-10/h1-8H,9H2,(H,20,22)/b19-7-. The van der Waals surface area contributed by atoms with Gasteiger partial charge in [-0.25, -0.2) is 5.43 Å². The van der Waals surface area contributed by atoms with Crippen molar-refractivity contribution in [2.24, 2.45) is 5.10 Å². The summed E-state index contributed by atoms with van der Waals surface area (Å²) < 4.78 is 38.4. The minimum absolute atomic E-state index is 0.576. The third kappa shape index (κ3) is 4.77. The number of carbonyl (C=O) groups is 1. The minimum atomic E-state index is -4.59. The van der Waals surface area contributed by atoms with Gasteiger partial charge < -0.3 is 4.57 Å². The van der Waals surface area contributed by atoms with Crippen LogP contribution in [0.1, 0.15) is 11.1 Å². The predicted molar refractivity (Wildman–Crippen MR) is 75.7 cm³/mol. The van der Waals surface area contributed by atoms with E-state index in [-0.39, 0.29) is 0 Å². The molecule has 6 nitrogen and oxygen atoms in total. The molecule has 0 saturated heterocycles. The van der Waals surface area contributed by atoms with E-state index in [2.05, 4.69) is 15.5 Å². The fourth-order valence-corrected chi connectivity index (χ4v) is 1.64. The Morgan fingerprint density at radius 3 is 2.78 bits per heavy atom. The highest BCUT2D eigenvalue weighted by Gasteiger charge is 2.31. The number of hydrogen-bond donors (Lipinski definition) is 1. The zero-order valence-electron chi connectivity index (χ0n) is 11.6. The third-order valence-corrected chi connectivity index (χ3v) is 2.71. The van der Waals surface area contributed by atoms with E-state index >= 15 is 0 Å². The van der Waals surface area contributed by atoms with Crippen LogP contribution in [0.2, 0.25) is 0 Å². The van der Waals surface area contributed by atoms with E-state index in [0.717, 1.165) is 6.07 Å². The van der Waals surface area contributed by atoms with Gasteiger partial charge in [-0.15, -0.1) is 0 Å². The summed E-state index contributed by atoms with van der Waals surface area (Å²) in [5.74, 6) is -0.730. The van der Waals surface area contributed by atoms with Crippen LogP contribution in [0.4, 0.5) is 13.2 Å². The van der Waals surface area contributed by atoms with Gasteiger partial charge in [0.15, 0.2) is 0 Å². The fraction of sp³-hybridized carbons (Fsp3) is 0.143. The van der Waals surface area contributed by atoms with Crippen LogP contribution in [0.25, 0.3) is 0 Å². The lowest BCUT2D eigenvalue weighted by Gasteiger charge is -2.09. The summed E-state index contributed by atoms with van der Waals surface area (Å²) in [7, 11) is 0. The van der Waals surface area contributed by atoms with E-state index in [0.29, 0.717) is 22.4 Å². The molecular formula is C14H11F3N4O2. The highest BCUT2D eigenvalue weighted by molar-refractivity contribution is 5.81. The Morgan fingerprint density at radius 1 is 1.35 bits per heavy atom. The molecule has 9 heteroatoms. The average Bonchev–Trinajstić information content (AvgIpc) is 2.49. The summed E-state index contributed by atoms with van der Waals surface area (Å²) in [6, 6.07) is 4.79. The lowest BCUT2D eigenvalue weighted by molar-refractivity contribution is -0.138. The van der Waals surface area contributed by atoms with E-state index in [1.165, 1.54) is 12.4 Å². The van der Waals surface area contributed by atoms with Crippen molar-refractivity contribution in [3.8, 4) is 0 Å². The van der Waals surface area contributed by atoms with Crippen LogP contribution in [0.5, 0.6) is 0 Å². The van der Waals surface area contributed by atoms with Crippen molar-refractivity contribution in [2.45, 2.75) is 12.7 Å². The largest absolute Gasteiger partial charge is 0.417 e. The minimum Gasteiger partial charge on any atom is -0.305 e. The van der Waals surface area contributed by atoms with Gasteiger partial charge in [-0.1, -0.05) is 6.07 Å².